The molecule has 2 heteroatoms. The smallest absolute Gasteiger partial charge is 0.122 e. The van der Waals surface area contributed by atoms with Gasteiger partial charge in [0.05, 0.1) is 6.61 Å². The van der Waals surface area contributed by atoms with E-state index >= 15 is 0 Å². The molecule has 2 aliphatic rings. The third kappa shape index (κ3) is 2.85. The van der Waals surface area contributed by atoms with Crippen molar-refractivity contribution in [3.05, 3.63) is 29.8 Å². The van der Waals surface area contributed by atoms with Crippen LogP contribution in [0.3, 0.4) is 0 Å². The van der Waals surface area contributed by atoms with Crippen molar-refractivity contribution in [3.8, 4) is 5.75 Å². The molecule has 1 saturated carbocycles. The molecule has 3 rings (SSSR count). The first-order valence-electron chi connectivity index (χ1n) is 8.23. The first kappa shape index (κ1) is 13.9. The maximum Gasteiger partial charge on any atom is 0.122 e. The van der Waals surface area contributed by atoms with Crippen LogP contribution < -0.4 is 10.1 Å². The van der Waals surface area contributed by atoms with E-state index in [0.717, 1.165) is 30.7 Å². The molecule has 1 N–H and O–H groups in total. The third-order valence-electron chi connectivity index (χ3n) is 5.10. The number of fused-ring (bicyclic) bond motifs is 1. The van der Waals surface area contributed by atoms with Crippen molar-refractivity contribution in [2.45, 2.75) is 51.5 Å². The van der Waals surface area contributed by atoms with Crippen LogP contribution in [0.4, 0.5) is 0 Å². The summed E-state index contributed by atoms with van der Waals surface area (Å²) in [5, 5.41) is 3.71. The molecule has 0 amide bonds. The van der Waals surface area contributed by atoms with Crippen molar-refractivity contribution >= 4 is 0 Å². The first-order valence-corrected chi connectivity index (χ1v) is 8.23. The van der Waals surface area contributed by atoms with Gasteiger partial charge in [0, 0.05) is 17.5 Å². The summed E-state index contributed by atoms with van der Waals surface area (Å²) < 4.78 is 5.85. The van der Waals surface area contributed by atoms with E-state index in [1.54, 1.807) is 0 Å². The summed E-state index contributed by atoms with van der Waals surface area (Å²) >= 11 is 0. The van der Waals surface area contributed by atoms with Gasteiger partial charge in [0.15, 0.2) is 0 Å². The number of rotatable bonds is 4. The van der Waals surface area contributed by atoms with Crippen LogP contribution in [-0.4, -0.2) is 19.2 Å². The van der Waals surface area contributed by atoms with Crippen molar-refractivity contribution in [2.75, 3.05) is 13.2 Å². The van der Waals surface area contributed by atoms with E-state index in [1.807, 2.05) is 0 Å². The van der Waals surface area contributed by atoms with Gasteiger partial charge in [-0.25, -0.2) is 0 Å². The summed E-state index contributed by atoms with van der Waals surface area (Å²) in [6.45, 7) is 6.60. The fourth-order valence-corrected chi connectivity index (χ4v) is 4.08. The Kier molecular flexibility index (Phi) is 4.30. The number of nitrogens with one attached hydrogen (secondary N) is 1. The molecule has 1 aliphatic carbocycles. The van der Waals surface area contributed by atoms with Crippen LogP contribution in [0.25, 0.3) is 0 Å². The second kappa shape index (κ2) is 6.17. The van der Waals surface area contributed by atoms with Gasteiger partial charge in [-0.1, -0.05) is 32.0 Å². The van der Waals surface area contributed by atoms with E-state index in [0.29, 0.717) is 12.0 Å². The number of benzene rings is 1. The Labute approximate surface area is 122 Å². The van der Waals surface area contributed by atoms with Crippen molar-refractivity contribution in [1.29, 1.82) is 0 Å². The van der Waals surface area contributed by atoms with E-state index < -0.39 is 0 Å². The quantitative estimate of drug-likeness (QED) is 0.896. The zero-order valence-electron chi connectivity index (χ0n) is 12.8. The highest BCUT2D eigenvalue weighted by molar-refractivity contribution is 5.39. The van der Waals surface area contributed by atoms with Crippen LogP contribution in [0.5, 0.6) is 5.75 Å². The summed E-state index contributed by atoms with van der Waals surface area (Å²) in [5.41, 5.74) is 1.43. The van der Waals surface area contributed by atoms with Crippen LogP contribution in [0.15, 0.2) is 24.3 Å². The molecule has 0 bridgehead atoms. The lowest BCUT2D eigenvalue weighted by Crippen LogP contribution is -2.40. The molecule has 0 radical (unpaired) electrons. The zero-order valence-corrected chi connectivity index (χ0v) is 12.8. The minimum absolute atomic E-state index is 0.600. The molecule has 1 aromatic rings. The molecular weight excluding hydrogens is 246 g/mol. The highest BCUT2D eigenvalue weighted by atomic mass is 16.5. The summed E-state index contributed by atoms with van der Waals surface area (Å²) in [6, 6.07) is 9.29. The Hall–Kier alpha value is -1.02. The summed E-state index contributed by atoms with van der Waals surface area (Å²) in [6.07, 6.45) is 5.37. The Bertz CT molecular complexity index is 445. The van der Waals surface area contributed by atoms with Gasteiger partial charge in [0.25, 0.3) is 0 Å². The summed E-state index contributed by atoms with van der Waals surface area (Å²) in [7, 11) is 0. The van der Waals surface area contributed by atoms with E-state index in [1.165, 1.54) is 31.2 Å². The van der Waals surface area contributed by atoms with Gasteiger partial charge in [-0.15, -0.1) is 0 Å². The van der Waals surface area contributed by atoms with Gasteiger partial charge in [-0.05, 0) is 50.1 Å². The maximum atomic E-state index is 5.85. The maximum absolute atomic E-state index is 5.85. The average Bonchev–Trinajstić information content (AvgIpc) is 2.86. The lowest BCUT2D eigenvalue weighted by atomic mass is 9.74. The van der Waals surface area contributed by atoms with Gasteiger partial charge in [0.1, 0.15) is 5.75 Å². The molecule has 0 spiro atoms. The third-order valence-corrected chi connectivity index (χ3v) is 5.10. The van der Waals surface area contributed by atoms with E-state index in [4.69, 9.17) is 4.74 Å². The minimum atomic E-state index is 0.600. The van der Waals surface area contributed by atoms with Crippen molar-refractivity contribution < 1.29 is 4.74 Å². The predicted molar refractivity (Wildman–Crippen MR) is 83.3 cm³/mol. The second-order valence-corrected chi connectivity index (χ2v) is 6.62. The summed E-state index contributed by atoms with van der Waals surface area (Å²) in [5.74, 6) is 3.40. The largest absolute Gasteiger partial charge is 0.493 e. The lowest BCUT2D eigenvalue weighted by Gasteiger charge is -2.36. The van der Waals surface area contributed by atoms with Crippen LogP contribution in [0, 0.1) is 11.8 Å². The van der Waals surface area contributed by atoms with Gasteiger partial charge in [-0.3, -0.25) is 0 Å². The predicted octanol–water partition coefficient (Wildman–Crippen LogP) is 3.97. The Morgan fingerprint density at radius 3 is 2.95 bits per heavy atom. The topological polar surface area (TPSA) is 21.3 Å². The van der Waals surface area contributed by atoms with Crippen LogP contribution in [0.1, 0.15) is 51.0 Å². The normalized spacial score (nSPS) is 32.7. The van der Waals surface area contributed by atoms with Crippen LogP contribution >= 0.6 is 0 Å². The Morgan fingerprint density at radius 2 is 2.10 bits per heavy atom. The van der Waals surface area contributed by atoms with Crippen molar-refractivity contribution in [1.82, 2.24) is 5.32 Å². The monoisotopic (exact) mass is 273 g/mol. The lowest BCUT2D eigenvalue weighted by molar-refractivity contribution is 0.187. The molecule has 0 aromatic heterocycles. The molecule has 1 fully saturated rings. The molecule has 1 aromatic carbocycles. The van der Waals surface area contributed by atoms with Crippen molar-refractivity contribution in [3.63, 3.8) is 0 Å². The van der Waals surface area contributed by atoms with E-state index in [-0.39, 0.29) is 0 Å². The number of hydrogen-bond donors (Lipinski definition) is 1. The van der Waals surface area contributed by atoms with Gasteiger partial charge >= 0.3 is 0 Å². The van der Waals surface area contributed by atoms with Gasteiger partial charge in [-0.2, -0.15) is 0 Å². The highest BCUT2D eigenvalue weighted by Crippen LogP contribution is 2.41. The fraction of sp³-hybridized carbons (Fsp3) is 0.667. The summed E-state index contributed by atoms with van der Waals surface area (Å²) in [4.78, 5) is 0. The Morgan fingerprint density at radius 1 is 1.25 bits per heavy atom. The molecule has 4 unspecified atom stereocenters. The molecule has 110 valence electrons. The molecule has 20 heavy (non-hydrogen) atoms. The molecule has 1 aliphatic heterocycles. The van der Waals surface area contributed by atoms with Gasteiger partial charge < -0.3 is 10.1 Å². The molecule has 0 saturated heterocycles. The number of hydrogen-bond acceptors (Lipinski definition) is 2. The van der Waals surface area contributed by atoms with E-state index in [9.17, 15) is 0 Å². The SMILES string of the molecule is CCNC1CCC(C)CC1CC1COc2ccccc21. The molecule has 1 heterocycles. The minimum Gasteiger partial charge on any atom is -0.493 e. The standard InChI is InChI=1S/C18H27NO/c1-3-19-17-9-8-13(2)10-14(17)11-15-12-20-18-7-5-4-6-16(15)18/h4-7,13-15,17,19H,3,8-12H2,1-2H3. The van der Waals surface area contributed by atoms with Gasteiger partial charge in [0.2, 0.25) is 0 Å². The van der Waals surface area contributed by atoms with Crippen molar-refractivity contribution in [2.24, 2.45) is 11.8 Å². The van der Waals surface area contributed by atoms with Crippen LogP contribution in [0.2, 0.25) is 0 Å². The fourth-order valence-electron chi connectivity index (χ4n) is 4.08. The molecule has 4 atom stereocenters. The second-order valence-electron chi connectivity index (χ2n) is 6.62. The Balaban J connectivity index is 1.69. The molecular formula is C18H27NO. The number of para-hydroxylation sites is 1. The van der Waals surface area contributed by atoms with Crippen LogP contribution in [-0.2, 0) is 0 Å². The average molecular weight is 273 g/mol. The first-order chi connectivity index (χ1) is 9.78. The highest BCUT2D eigenvalue weighted by Gasteiger charge is 2.33. The number of ether oxygens (including phenoxy) is 1. The molecule has 2 nitrogen and oxygen atoms in total. The van der Waals surface area contributed by atoms with E-state index in [2.05, 4.69) is 43.4 Å². The zero-order chi connectivity index (χ0) is 13.9.